The summed E-state index contributed by atoms with van der Waals surface area (Å²) in [6.45, 7) is -0.781. The zero-order valence-corrected chi connectivity index (χ0v) is 16.0. The number of halogens is 4. The van der Waals surface area contributed by atoms with Gasteiger partial charge in [0.15, 0.2) is 6.61 Å². The Morgan fingerprint density at radius 2 is 1.83 bits per heavy atom. The van der Waals surface area contributed by atoms with Crippen LogP contribution < -0.4 is 5.32 Å². The van der Waals surface area contributed by atoms with Crippen molar-refractivity contribution in [1.29, 1.82) is 0 Å². The topological polar surface area (TPSA) is 68.3 Å². The summed E-state index contributed by atoms with van der Waals surface area (Å²) in [6.07, 6.45) is -2.23. The molecule has 0 aliphatic rings. The van der Waals surface area contributed by atoms with Crippen LogP contribution in [0.2, 0.25) is 5.02 Å². The average molecular weight is 435 g/mol. The molecule has 30 heavy (non-hydrogen) atoms. The van der Waals surface area contributed by atoms with Crippen LogP contribution >= 0.6 is 11.6 Å². The number of para-hydroxylation sites is 2. The van der Waals surface area contributed by atoms with E-state index in [0.29, 0.717) is 5.69 Å². The molecule has 0 unspecified atom stereocenters. The molecule has 2 aromatic carbocycles. The molecule has 0 atom stereocenters. The van der Waals surface area contributed by atoms with Crippen molar-refractivity contribution in [3.05, 3.63) is 77.0 Å². The molecule has 0 bridgehead atoms. The molecule has 1 amide bonds. The lowest BCUT2D eigenvalue weighted by molar-refractivity contribution is -0.142. The Morgan fingerprint density at radius 3 is 2.60 bits per heavy atom. The van der Waals surface area contributed by atoms with Gasteiger partial charge in [0.2, 0.25) is 0 Å². The second kappa shape index (κ2) is 8.96. The van der Waals surface area contributed by atoms with Gasteiger partial charge in [-0.15, -0.1) is 0 Å². The first-order chi connectivity index (χ1) is 14.2. The summed E-state index contributed by atoms with van der Waals surface area (Å²) in [4.78, 5) is 28.1. The third-order valence-corrected chi connectivity index (χ3v) is 4.25. The summed E-state index contributed by atoms with van der Waals surface area (Å²) >= 11 is 5.76. The highest BCUT2D eigenvalue weighted by Gasteiger charge is 2.34. The lowest BCUT2D eigenvalue weighted by Gasteiger charge is -2.15. The fourth-order valence-electron chi connectivity index (χ4n) is 2.58. The Hall–Kier alpha value is -3.39. The molecule has 1 N–H and O–H groups in total. The molecule has 0 aliphatic carbocycles. The van der Waals surface area contributed by atoms with E-state index >= 15 is 0 Å². The smallest absolute Gasteiger partial charge is 0.418 e. The lowest BCUT2D eigenvalue weighted by atomic mass is 10.1. The van der Waals surface area contributed by atoms with E-state index < -0.39 is 35.9 Å². The van der Waals surface area contributed by atoms with Crippen LogP contribution in [0.4, 0.5) is 18.9 Å². The summed E-state index contributed by atoms with van der Waals surface area (Å²) in [5, 5.41) is 2.68. The van der Waals surface area contributed by atoms with Crippen LogP contribution in [0.1, 0.15) is 11.3 Å². The number of hydrogen-bond acceptors (Lipinski definition) is 4. The first-order valence-electron chi connectivity index (χ1n) is 8.60. The second-order valence-electron chi connectivity index (χ2n) is 6.08. The fourth-order valence-corrected chi connectivity index (χ4v) is 2.80. The molecule has 0 saturated heterocycles. The number of carbonyl (C=O) groups is 2. The number of aromatic nitrogens is 1. The van der Waals surface area contributed by atoms with Gasteiger partial charge in [0.25, 0.3) is 5.91 Å². The maximum atomic E-state index is 13.0. The van der Waals surface area contributed by atoms with Gasteiger partial charge in [-0.05, 0) is 30.3 Å². The van der Waals surface area contributed by atoms with Crippen LogP contribution in [0.15, 0.2) is 60.7 Å². The van der Waals surface area contributed by atoms with Crippen LogP contribution in [0.3, 0.4) is 0 Å². The number of benzene rings is 2. The number of esters is 1. The minimum atomic E-state index is -4.71. The van der Waals surface area contributed by atoms with E-state index in [4.69, 9.17) is 16.3 Å². The van der Waals surface area contributed by atoms with Crippen LogP contribution in [0.25, 0.3) is 17.0 Å². The van der Waals surface area contributed by atoms with E-state index in [-0.39, 0.29) is 5.02 Å². The Balaban J connectivity index is 1.60. The summed E-state index contributed by atoms with van der Waals surface area (Å²) in [7, 11) is 0. The molecule has 0 saturated carbocycles. The molecule has 0 radical (unpaired) electrons. The molecule has 0 spiro atoms. The Kier molecular flexibility index (Phi) is 6.37. The molecule has 154 valence electrons. The minimum Gasteiger partial charge on any atom is -0.452 e. The average Bonchev–Trinajstić information content (AvgIpc) is 2.71. The van der Waals surface area contributed by atoms with Gasteiger partial charge in [0, 0.05) is 11.5 Å². The first-order valence-corrected chi connectivity index (χ1v) is 8.98. The number of carbonyl (C=O) groups excluding carboxylic acids is 2. The van der Waals surface area contributed by atoms with Crippen LogP contribution in [-0.2, 0) is 20.5 Å². The zero-order chi connectivity index (χ0) is 21.7. The van der Waals surface area contributed by atoms with Crippen molar-refractivity contribution in [1.82, 2.24) is 4.98 Å². The Labute approximate surface area is 174 Å². The maximum Gasteiger partial charge on any atom is 0.418 e. The van der Waals surface area contributed by atoms with Crippen LogP contribution in [0, 0.1) is 0 Å². The van der Waals surface area contributed by atoms with Crippen LogP contribution in [0.5, 0.6) is 0 Å². The quantitative estimate of drug-likeness (QED) is 0.448. The van der Waals surface area contributed by atoms with Gasteiger partial charge in [0.05, 0.1) is 27.5 Å². The SMILES string of the molecule is O=C(COC(=O)C=Cc1ccc2ccccc2n1)Nc1c(Cl)cccc1C(F)(F)F. The van der Waals surface area contributed by atoms with Crippen LogP contribution in [-0.4, -0.2) is 23.5 Å². The first kappa shape index (κ1) is 21.3. The van der Waals surface area contributed by atoms with Crippen molar-refractivity contribution in [2.45, 2.75) is 6.18 Å². The van der Waals surface area contributed by atoms with Gasteiger partial charge >= 0.3 is 12.1 Å². The van der Waals surface area contributed by atoms with Gasteiger partial charge in [0.1, 0.15) is 0 Å². The standard InChI is InChI=1S/C21H14ClF3N2O3/c22-16-6-3-5-15(21(23,24)25)20(16)27-18(28)12-30-19(29)11-10-14-9-8-13-4-1-2-7-17(13)26-14/h1-11H,12H2,(H,27,28). The number of rotatable bonds is 5. The number of pyridine rings is 1. The van der Waals surface area contributed by atoms with E-state index in [1.54, 1.807) is 6.07 Å². The third-order valence-electron chi connectivity index (χ3n) is 3.94. The van der Waals surface area contributed by atoms with Crippen molar-refractivity contribution in [2.24, 2.45) is 0 Å². The maximum absolute atomic E-state index is 13.0. The van der Waals surface area contributed by atoms with Crippen molar-refractivity contribution in [2.75, 3.05) is 11.9 Å². The predicted octanol–water partition coefficient (Wildman–Crippen LogP) is 5.10. The number of fused-ring (bicyclic) bond motifs is 1. The highest BCUT2D eigenvalue weighted by Crippen LogP contribution is 2.38. The number of nitrogens with zero attached hydrogens (tertiary/aromatic N) is 1. The van der Waals surface area contributed by atoms with Crippen molar-refractivity contribution in [3.8, 4) is 0 Å². The highest BCUT2D eigenvalue weighted by molar-refractivity contribution is 6.34. The van der Waals surface area contributed by atoms with Gasteiger partial charge < -0.3 is 10.1 Å². The normalized spacial score (nSPS) is 11.6. The zero-order valence-electron chi connectivity index (χ0n) is 15.2. The summed E-state index contributed by atoms with van der Waals surface area (Å²) < 4.78 is 43.9. The number of nitrogens with one attached hydrogen (secondary N) is 1. The summed E-state index contributed by atoms with van der Waals surface area (Å²) in [5.74, 6) is -1.81. The predicted molar refractivity (Wildman–Crippen MR) is 107 cm³/mol. The summed E-state index contributed by atoms with van der Waals surface area (Å²) in [5.41, 5.74) is -0.450. The molecule has 0 aliphatic heterocycles. The second-order valence-corrected chi connectivity index (χ2v) is 6.49. The van der Waals surface area contributed by atoms with E-state index in [2.05, 4.69) is 4.98 Å². The Bertz CT molecular complexity index is 1130. The van der Waals surface area contributed by atoms with E-state index in [9.17, 15) is 22.8 Å². The van der Waals surface area contributed by atoms with Gasteiger partial charge in [-0.3, -0.25) is 4.79 Å². The molecular formula is C21H14ClF3N2O3. The van der Waals surface area contributed by atoms with E-state index in [1.165, 1.54) is 12.1 Å². The fraction of sp³-hybridized carbons (Fsp3) is 0.0952. The van der Waals surface area contributed by atoms with E-state index in [0.717, 1.165) is 29.1 Å². The highest BCUT2D eigenvalue weighted by atomic mass is 35.5. The molecule has 1 heterocycles. The van der Waals surface area contributed by atoms with Crippen molar-refractivity contribution < 1.29 is 27.5 Å². The number of anilines is 1. The van der Waals surface area contributed by atoms with Gasteiger partial charge in [-0.2, -0.15) is 13.2 Å². The summed E-state index contributed by atoms with van der Waals surface area (Å²) in [6, 6.07) is 14.1. The van der Waals surface area contributed by atoms with Crippen molar-refractivity contribution in [3.63, 3.8) is 0 Å². The molecular weight excluding hydrogens is 421 g/mol. The number of hydrogen-bond donors (Lipinski definition) is 1. The molecule has 9 heteroatoms. The molecule has 5 nitrogen and oxygen atoms in total. The monoisotopic (exact) mass is 434 g/mol. The number of amides is 1. The molecule has 3 aromatic rings. The largest absolute Gasteiger partial charge is 0.452 e. The third kappa shape index (κ3) is 5.36. The van der Waals surface area contributed by atoms with Gasteiger partial charge in [-0.25, -0.2) is 9.78 Å². The molecule has 0 fully saturated rings. The van der Waals surface area contributed by atoms with Gasteiger partial charge in [-0.1, -0.05) is 41.9 Å². The number of ether oxygens (including phenoxy) is 1. The molecule has 3 rings (SSSR count). The van der Waals surface area contributed by atoms with Crippen molar-refractivity contribution >= 4 is 46.1 Å². The Morgan fingerprint density at radius 1 is 1.07 bits per heavy atom. The number of alkyl halides is 3. The van der Waals surface area contributed by atoms with E-state index in [1.807, 2.05) is 35.6 Å². The minimum absolute atomic E-state index is 0.285. The lowest BCUT2D eigenvalue weighted by Crippen LogP contribution is -2.22. The molecule has 1 aromatic heterocycles.